The van der Waals surface area contributed by atoms with E-state index in [0.29, 0.717) is 11.7 Å². The molecule has 0 spiro atoms. The standard InChI is InChI=1S/C8H14O.CH4/c1-8(2,3)7(9)6-4-5-6;/h6H,4-5H2,1-3H3;1H4. The molecule has 0 radical (unpaired) electrons. The molecule has 1 aliphatic rings. The molecule has 0 N–H and O–H groups in total. The van der Waals surface area contributed by atoms with Gasteiger partial charge in [0, 0.05) is 11.3 Å². The molecule has 0 aromatic carbocycles. The van der Waals surface area contributed by atoms with E-state index in [4.69, 9.17) is 0 Å². The first-order chi connectivity index (χ1) is 4.02. The van der Waals surface area contributed by atoms with Crippen molar-refractivity contribution in [1.29, 1.82) is 0 Å². The molecule has 0 aliphatic heterocycles. The van der Waals surface area contributed by atoms with E-state index in [9.17, 15) is 4.79 Å². The molecule has 1 nitrogen and oxygen atoms in total. The molecule has 1 saturated carbocycles. The number of hydrogen-bond donors (Lipinski definition) is 0. The monoisotopic (exact) mass is 142 g/mol. The lowest BCUT2D eigenvalue weighted by Gasteiger charge is -2.15. The number of rotatable bonds is 1. The van der Waals surface area contributed by atoms with Crippen LogP contribution in [0.15, 0.2) is 0 Å². The molecule has 0 saturated heterocycles. The SMILES string of the molecule is C.CC(C)(C)C(=O)C1CC1. The fourth-order valence-electron chi connectivity index (χ4n) is 0.958. The maximum absolute atomic E-state index is 11.2. The summed E-state index contributed by atoms with van der Waals surface area (Å²) in [5, 5.41) is 0. The summed E-state index contributed by atoms with van der Waals surface area (Å²) < 4.78 is 0. The van der Waals surface area contributed by atoms with Crippen LogP contribution < -0.4 is 0 Å². The van der Waals surface area contributed by atoms with Crippen LogP contribution in [-0.2, 0) is 4.79 Å². The predicted octanol–water partition coefficient (Wildman–Crippen LogP) is 2.65. The summed E-state index contributed by atoms with van der Waals surface area (Å²) in [5.41, 5.74) is -0.0961. The minimum Gasteiger partial charge on any atom is -0.299 e. The molecule has 10 heavy (non-hydrogen) atoms. The van der Waals surface area contributed by atoms with Crippen molar-refractivity contribution in [3.8, 4) is 0 Å². The van der Waals surface area contributed by atoms with Gasteiger partial charge >= 0.3 is 0 Å². The largest absolute Gasteiger partial charge is 0.299 e. The lowest BCUT2D eigenvalue weighted by atomic mass is 9.88. The normalized spacial score (nSPS) is 17.9. The van der Waals surface area contributed by atoms with E-state index in [1.165, 1.54) is 0 Å². The van der Waals surface area contributed by atoms with Crippen molar-refractivity contribution in [2.45, 2.75) is 41.0 Å². The van der Waals surface area contributed by atoms with Gasteiger partial charge in [-0.3, -0.25) is 4.79 Å². The summed E-state index contributed by atoms with van der Waals surface area (Å²) in [5.74, 6) is 0.868. The summed E-state index contributed by atoms with van der Waals surface area (Å²) in [6, 6.07) is 0. The van der Waals surface area contributed by atoms with Gasteiger partial charge in [-0.2, -0.15) is 0 Å². The number of carbonyl (C=O) groups excluding carboxylic acids is 1. The molecule has 0 heterocycles. The zero-order valence-electron chi connectivity index (χ0n) is 6.40. The highest BCUT2D eigenvalue weighted by Gasteiger charge is 2.36. The molecule has 1 rings (SSSR count). The van der Waals surface area contributed by atoms with Crippen LogP contribution in [0.25, 0.3) is 0 Å². The van der Waals surface area contributed by atoms with Gasteiger partial charge < -0.3 is 0 Å². The van der Waals surface area contributed by atoms with Gasteiger partial charge in [0.1, 0.15) is 5.78 Å². The molecule has 0 bridgehead atoms. The van der Waals surface area contributed by atoms with Crippen molar-refractivity contribution in [1.82, 2.24) is 0 Å². The third-order valence-corrected chi connectivity index (χ3v) is 1.69. The average Bonchev–Trinajstić information content (AvgIpc) is 2.40. The van der Waals surface area contributed by atoms with E-state index >= 15 is 0 Å². The number of hydrogen-bond acceptors (Lipinski definition) is 1. The smallest absolute Gasteiger partial charge is 0.141 e. The van der Waals surface area contributed by atoms with Gasteiger partial charge in [-0.1, -0.05) is 28.2 Å². The maximum atomic E-state index is 11.2. The van der Waals surface area contributed by atoms with Crippen LogP contribution in [0, 0.1) is 11.3 Å². The van der Waals surface area contributed by atoms with Crippen LogP contribution >= 0.6 is 0 Å². The Morgan fingerprint density at radius 3 is 1.80 bits per heavy atom. The highest BCUT2D eigenvalue weighted by atomic mass is 16.1. The maximum Gasteiger partial charge on any atom is 0.141 e. The number of ketones is 1. The van der Waals surface area contributed by atoms with Crippen LogP contribution in [0.2, 0.25) is 0 Å². The van der Waals surface area contributed by atoms with Gasteiger partial charge in [0.2, 0.25) is 0 Å². The second kappa shape index (κ2) is 2.73. The fourth-order valence-corrected chi connectivity index (χ4v) is 0.958. The topological polar surface area (TPSA) is 17.1 Å². The quantitative estimate of drug-likeness (QED) is 0.550. The third-order valence-electron chi connectivity index (χ3n) is 1.69. The van der Waals surface area contributed by atoms with Gasteiger partial charge in [0.05, 0.1) is 0 Å². The highest BCUT2D eigenvalue weighted by Crippen LogP contribution is 2.36. The van der Waals surface area contributed by atoms with Gasteiger partial charge in [-0.25, -0.2) is 0 Å². The fraction of sp³-hybridized carbons (Fsp3) is 0.889. The Morgan fingerprint density at radius 2 is 1.70 bits per heavy atom. The minimum absolute atomic E-state index is 0. The molecule has 0 atom stereocenters. The zero-order chi connectivity index (χ0) is 7.07. The molecule has 60 valence electrons. The second-order valence-corrected chi connectivity index (χ2v) is 3.89. The first kappa shape index (κ1) is 9.67. The van der Waals surface area contributed by atoms with Gasteiger partial charge in [-0.05, 0) is 12.8 Å². The molecule has 1 aliphatic carbocycles. The molecular formula is C9H18O. The molecule has 0 aromatic rings. The van der Waals surface area contributed by atoms with Crippen molar-refractivity contribution < 1.29 is 4.79 Å². The summed E-state index contributed by atoms with van der Waals surface area (Å²) >= 11 is 0. The van der Waals surface area contributed by atoms with Crippen LogP contribution in [0.1, 0.15) is 41.0 Å². The van der Waals surface area contributed by atoms with Gasteiger partial charge in [0.15, 0.2) is 0 Å². The Morgan fingerprint density at radius 1 is 1.30 bits per heavy atom. The van der Waals surface area contributed by atoms with Crippen LogP contribution in [0.5, 0.6) is 0 Å². The summed E-state index contributed by atoms with van der Waals surface area (Å²) in [6.07, 6.45) is 2.27. The summed E-state index contributed by atoms with van der Waals surface area (Å²) in [7, 11) is 0. The molecule has 0 unspecified atom stereocenters. The van der Waals surface area contributed by atoms with Crippen LogP contribution in [-0.4, -0.2) is 5.78 Å². The van der Waals surface area contributed by atoms with Crippen LogP contribution in [0.3, 0.4) is 0 Å². The van der Waals surface area contributed by atoms with E-state index in [0.717, 1.165) is 12.8 Å². The Hall–Kier alpha value is -0.330. The molecular weight excluding hydrogens is 124 g/mol. The summed E-state index contributed by atoms with van der Waals surface area (Å²) in [6.45, 7) is 5.98. The molecule has 0 aromatic heterocycles. The lowest BCUT2D eigenvalue weighted by molar-refractivity contribution is -0.127. The zero-order valence-corrected chi connectivity index (χ0v) is 6.40. The number of Topliss-reactive ketones (excluding diaryl/α,β-unsaturated/α-hetero) is 1. The van der Waals surface area contributed by atoms with Gasteiger partial charge in [-0.15, -0.1) is 0 Å². The van der Waals surface area contributed by atoms with Crippen molar-refractivity contribution >= 4 is 5.78 Å². The first-order valence-electron chi connectivity index (χ1n) is 3.56. The van der Waals surface area contributed by atoms with E-state index in [-0.39, 0.29) is 12.8 Å². The third kappa shape index (κ3) is 2.13. The molecule has 1 fully saturated rings. The van der Waals surface area contributed by atoms with Crippen LogP contribution in [0.4, 0.5) is 0 Å². The second-order valence-electron chi connectivity index (χ2n) is 3.89. The van der Waals surface area contributed by atoms with Crippen molar-refractivity contribution in [2.75, 3.05) is 0 Å². The Labute approximate surface area is 63.8 Å². The lowest BCUT2D eigenvalue weighted by Crippen LogP contribution is -2.21. The Kier molecular flexibility index (Phi) is 2.64. The Bertz CT molecular complexity index is 126. The number of carbonyl (C=O) groups is 1. The van der Waals surface area contributed by atoms with E-state index in [1.807, 2.05) is 20.8 Å². The first-order valence-corrected chi connectivity index (χ1v) is 3.56. The van der Waals surface area contributed by atoms with Crippen molar-refractivity contribution in [3.63, 3.8) is 0 Å². The van der Waals surface area contributed by atoms with E-state index < -0.39 is 0 Å². The summed E-state index contributed by atoms with van der Waals surface area (Å²) in [4.78, 5) is 11.2. The van der Waals surface area contributed by atoms with Gasteiger partial charge in [0.25, 0.3) is 0 Å². The molecule has 0 amide bonds. The van der Waals surface area contributed by atoms with E-state index in [2.05, 4.69) is 0 Å². The minimum atomic E-state index is -0.0961. The Balaban J connectivity index is 0.000000810. The van der Waals surface area contributed by atoms with Crippen molar-refractivity contribution in [3.05, 3.63) is 0 Å². The highest BCUT2D eigenvalue weighted by molar-refractivity contribution is 5.87. The van der Waals surface area contributed by atoms with Crippen molar-refractivity contribution in [2.24, 2.45) is 11.3 Å². The van der Waals surface area contributed by atoms with E-state index in [1.54, 1.807) is 0 Å². The average molecular weight is 142 g/mol. The molecule has 1 heteroatoms. The predicted molar refractivity (Wildman–Crippen MR) is 43.9 cm³/mol.